The third kappa shape index (κ3) is 5.97. The van der Waals surface area contributed by atoms with Crippen molar-refractivity contribution in [1.29, 1.82) is 0 Å². The predicted molar refractivity (Wildman–Crippen MR) is 137 cm³/mol. The average Bonchev–Trinajstić information content (AvgIpc) is 2.77. The number of carbonyl (C=O) groups excluding carboxylic acids is 1. The molecule has 2 atom stereocenters. The van der Waals surface area contributed by atoms with Gasteiger partial charge in [0.1, 0.15) is 17.5 Å². The van der Waals surface area contributed by atoms with E-state index in [1.807, 2.05) is 51.1 Å². The molecule has 0 saturated carbocycles. The molecule has 34 heavy (non-hydrogen) atoms. The Morgan fingerprint density at radius 3 is 2.00 bits per heavy atom. The second-order valence-electron chi connectivity index (χ2n) is 8.67. The van der Waals surface area contributed by atoms with Gasteiger partial charge in [-0.15, -0.1) is 0 Å². The summed E-state index contributed by atoms with van der Waals surface area (Å²) < 4.78 is 32.2. The molecule has 0 spiro atoms. The lowest BCUT2D eigenvalue weighted by Crippen LogP contribution is -2.48. The van der Waals surface area contributed by atoms with Gasteiger partial charge >= 0.3 is 0 Å². The van der Waals surface area contributed by atoms with Crippen molar-refractivity contribution in [2.24, 2.45) is 0 Å². The van der Waals surface area contributed by atoms with Gasteiger partial charge in [0.05, 0.1) is 18.0 Å². The Hall–Kier alpha value is -3.32. The fourth-order valence-electron chi connectivity index (χ4n) is 3.96. The minimum Gasteiger partial charge on any atom is -0.457 e. The van der Waals surface area contributed by atoms with Crippen LogP contribution in [0.25, 0.3) is 0 Å². The Morgan fingerprint density at radius 2 is 1.41 bits per heavy atom. The first kappa shape index (κ1) is 25.3. The highest BCUT2D eigenvalue weighted by Crippen LogP contribution is 2.27. The SMILES string of the molecule is Cc1cc(C)c([C@H](C)NC(=O)[C@@H](C)N(c2ccc(Oc3ccccc3)cc2)S(C)(=O)=O)cc1C. The molecule has 0 bridgehead atoms. The van der Waals surface area contributed by atoms with Gasteiger partial charge in [-0.1, -0.05) is 30.3 Å². The van der Waals surface area contributed by atoms with E-state index >= 15 is 0 Å². The van der Waals surface area contributed by atoms with Gasteiger partial charge in [0.25, 0.3) is 0 Å². The molecule has 0 aliphatic carbocycles. The number of carbonyl (C=O) groups is 1. The van der Waals surface area contributed by atoms with Gasteiger partial charge < -0.3 is 10.1 Å². The second kappa shape index (κ2) is 10.3. The number of para-hydroxylation sites is 1. The topological polar surface area (TPSA) is 75.7 Å². The average molecular weight is 481 g/mol. The minimum absolute atomic E-state index is 0.266. The highest BCUT2D eigenvalue weighted by atomic mass is 32.2. The Labute approximate surface area is 202 Å². The smallest absolute Gasteiger partial charge is 0.244 e. The van der Waals surface area contributed by atoms with Crippen molar-refractivity contribution in [2.45, 2.75) is 46.7 Å². The summed E-state index contributed by atoms with van der Waals surface area (Å²) in [5.41, 5.74) is 4.82. The lowest BCUT2D eigenvalue weighted by Gasteiger charge is -2.29. The molecule has 0 aliphatic heterocycles. The van der Waals surface area contributed by atoms with Crippen LogP contribution in [0.2, 0.25) is 0 Å². The van der Waals surface area contributed by atoms with Crippen molar-refractivity contribution in [3.8, 4) is 11.5 Å². The first-order chi connectivity index (χ1) is 16.0. The fraction of sp³-hybridized carbons (Fsp3) is 0.296. The zero-order valence-corrected chi connectivity index (χ0v) is 21.3. The van der Waals surface area contributed by atoms with Crippen LogP contribution in [0.5, 0.6) is 11.5 Å². The standard InChI is InChI=1S/C27H32N2O4S/c1-18-16-20(3)26(17-19(18)2)21(4)28-27(30)22(5)29(34(6,31)32)23-12-14-25(15-13-23)33-24-10-8-7-9-11-24/h7-17,21-22H,1-6H3,(H,28,30)/t21-,22+/m0/s1. The van der Waals surface area contributed by atoms with Crippen LogP contribution < -0.4 is 14.4 Å². The predicted octanol–water partition coefficient (Wildman–Crippen LogP) is 5.44. The van der Waals surface area contributed by atoms with Crippen molar-refractivity contribution in [3.63, 3.8) is 0 Å². The minimum atomic E-state index is -3.72. The van der Waals surface area contributed by atoms with Crippen LogP contribution in [-0.4, -0.2) is 26.6 Å². The van der Waals surface area contributed by atoms with Crippen molar-refractivity contribution in [1.82, 2.24) is 5.32 Å². The fourth-order valence-corrected chi connectivity index (χ4v) is 5.13. The third-order valence-corrected chi connectivity index (χ3v) is 7.11. The molecule has 6 nitrogen and oxygen atoms in total. The largest absolute Gasteiger partial charge is 0.457 e. The van der Waals surface area contributed by atoms with Crippen molar-refractivity contribution >= 4 is 21.6 Å². The highest BCUT2D eigenvalue weighted by molar-refractivity contribution is 7.92. The number of sulfonamides is 1. The number of hydrogen-bond donors (Lipinski definition) is 1. The molecule has 0 heterocycles. The number of nitrogens with one attached hydrogen (secondary N) is 1. The summed E-state index contributed by atoms with van der Waals surface area (Å²) >= 11 is 0. The van der Waals surface area contributed by atoms with E-state index in [2.05, 4.69) is 24.4 Å². The number of aryl methyl sites for hydroxylation is 3. The van der Waals surface area contributed by atoms with Gasteiger partial charge in [0.15, 0.2) is 0 Å². The molecule has 0 unspecified atom stereocenters. The van der Waals surface area contributed by atoms with E-state index in [-0.39, 0.29) is 11.9 Å². The van der Waals surface area contributed by atoms with Crippen LogP contribution in [0.1, 0.15) is 42.1 Å². The molecule has 1 N–H and O–H groups in total. The van der Waals surface area contributed by atoms with E-state index in [1.54, 1.807) is 31.2 Å². The van der Waals surface area contributed by atoms with E-state index in [0.717, 1.165) is 27.3 Å². The number of rotatable bonds is 8. The van der Waals surface area contributed by atoms with Crippen LogP contribution in [0.15, 0.2) is 66.7 Å². The molecule has 3 rings (SSSR count). The van der Waals surface area contributed by atoms with Gasteiger partial charge in [0.2, 0.25) is 15.9 Å². The summed E-state index contributed by atoms with van der Waals surface area (Å²) in [7, 11) is -3.72. The number of nitrogens with zero attached hydrogens (tertiary/aromatic N) is 1. The maximum Gasteiger partial charge on any atom is 0.244 e. The monoisotopic (exact) mass is 480 g/mol. The summed E-state index contributed by atoms with van der Waals surface area (Å²) in [6.07, 6.45) is 1.10. The van der Waals surface area contributed by atoms with Crippen molar-refractivity contribution < 1.29 is 17.9 Å². The van der Waals surface area contributed by atoms with E-state index in [1.165, 1.54) is 5.56 Å². The Balaban J connectivity index is 1.79. The molecule has 3 aromatic carbocycles. The maximum atomic E-state index is 13.1. The molecule has 180 valence electrons. The summed E-state index contributed by atoms with van der Waals surface area (Å²) in [6, 6.07) is 18.9. The molecule has 0 saturated heterocycles. The molecule has 0 fully saturated rings. The van der Waals surface area contributed by atoms with Gasteiger partial charge in [-0.3, -0.25) is 9.10 Å². The van der Waals surface area contributed by atoms with Gasteiger partial charge in [0, 0.05) is 0 Å². The zero-order valence-electron chi connectivity index (χ0n) is 20.5. The Kier molecular flexibility index (Phi) is 7.67. The van der Waals surface area contributed by atoms with Crippen LogP contribution in [0.3, 0.4) is 0 Å². The number of anilines is 1. The van der Waals surface area contributed by atoms with Crippen LogP contribution >= 0.6 is 0 Å². The lowest BCUT2D eigenvalue weighted by atomic mass is 9.96. The number of benzene rings is 3. The number of hydrogen-bond acceptors (Lipinski definition) is 4. The van der Waals surface area contributed by atoms with Gasteiger partial charge in [-0.25, -0.2) is 8.42 Å². The van der Waals surface area contributed by atoms with Crippen molar-refractivity contribution in [3.05, 3.63) is 89.0 Å². The number of ether oxygens (including phenoxy) is 1. The molecule has 0 radical (unpaired) electrons. The highest BCUT2D eigenvalue weighted by Gasteiger charge is 2.30. The van der Waals surface area contributed by atoms with Crippen LogP contribution in [-0.2, 0) is 14.8 Å². The summed E-state index contributed by atoms with van der Waals surface area (Å²) in [5, 5.41) is 2.98. The summed E-state index contributed by atoms with van der Waals surface area (Å²) in [6.45, 7) is 9.59. The first-order valence-corrected chi connectivity index (χ1v) is 13.0. The number of amides is 1. The third-order valence-electron chi connectivity index (χ3n) is 5.87. The van der Waals surface area contributed by atoms with E-state index < -0.39 is 16.1 Å². The summed E-state index contributed by atoms with van der Waals surface area (Å²) in [5.74, 6) is 0.873. The normalized spacial score (nSPS) is 13.1. The van der Waals surface area contributed by atoms with E-state index in [4.69, 9.17) is 4.74 Å². The summed E-state index contributed by atoms with van der Waals surface area (Å²) in [4.78, 5) is 13.1. The Morgan fingerprint density at radius 1 is 0.853 bits per heavy atom. The molecule has 3 aromatic rings. The zero-order chi connectivity index (χ0) is 25.0. The van der Waals surface area contributed by atoms with E-state index in [9.17, 15) is 13.2 Å². The van der Waals surface area contributed by atoms with Gasteiger partial charge in [-0.2, -0.15) is 0 Å². The molecular weight excluding hydrogens is 448 g/mol. The van der Waals surface area contributed by atoms with E-state index in [0.29, 0.717) is 17.2 Å². The molecular formula is C27H32N2O4S. The maximum absolute atomic E-state index is 13.1. The van der Waals surface area contributed by atoms with Crippen LogP contribution in [0, 0.1) is 20.8 Å². The molecule has 0 aliphatic rings. The lowest BCUT2D eigenvalue weighted by molar-refractivity contribution is -0.122. The molecule has 0 aromatic heterocycles. The second-order valence-corrected chi connectivity index (χ2v) is 10.5. The first-order valence-electron chi connectivity index (χ1n) is 11.2. The van der Waals surface area contributed by atoms with Crippen LogP contribution in [0.4, 0.5) is 5.69 Å². The Bertz CT molecular complexity index is 1260. The molecule has 1 amide bonds. The molecule has 7 heteroatoms. The quantitative estimate of drug-likeness (QED) is 0.466. The van der Waals surface area contributed by atoms with Gasteiger partial charge in [-0.05, 0) is 93.3 Å². The van der Waals surface area contributed by atoms with Crippen molar-refractivity contribution in [2.75, 3.05) is 10.6 Å².